The second kappa shape index (κ2) is 9.33. The minimum atomic E-state index is -0.789. The number of piperidine rings is 1. The number of nitrogens with zero attached hydrogens (tertiary/aromatic N) is 1. The number of carbonyl (C=O) groups excluding carboxylic acids is 2. The average Bonchev–Trinajstić information content (AvgIpc) is 2.56. The van der Waals surface area contributed by atoms with Crippen LogP contribution in [0.3, 0.4) is 0 Å². The Morgan fingerprint density at radius 2 is 2.00 bits per heavy atom. The first-order valence-corrected chi connectivity index (χ1v) is 8.95. The molecular weight excluding hydrogens is 334 g/mol. The fourth-order valence-corrected chi connectivity index (χ4v) is 3.21. The Bertz CT molecular complexity index is 675. The number of aryl methyl sites for hydroxylation is 2. The van der Waals surface area contributed by atoms with Gasteiger partial charge in [-0.2, -0.15) is 0 Å². The molecule has 0 aromatic heterocycles. The molecule has 1 atom stereocenters. The molecule has 7 heteroatoms. The minimum Gasteiger partial charge on any atom is -0.481 e. The molecule has 1 saturated heterocycles. The van der Waals surface area contributed by atoms with E-state index in [9.17, 15) is 14.4 Å². The van der Waals surface area contributed by atoms with Gasteiger partial charge in [-0.25, -0.2) is 4.79 Å². The maximum Gasteiger partial charge on any atom is 0.325 e. The summed E-state index contributed by atoms with van der Waals surface area (Å²) in [5, 5.41) is 13.8. The largest absolute Gasteiger partial charge is 0.481 e. The lowest BCUT2D eigenvalue weighted by Crippen LogP contribution is -2.45. The van der Waals surface area contributed by atoms with E-state index in [1.165, 1.54) is 0 Å². The van der Waals surface area contributed by atoms with E-state index in [4.69, 9.17) is 5.11 Å². The lowest BCUT2D eigenvalue weighted by atomic mass is 9.93. The average molecular weight is 361 g/mol. The van der Waals surface area contributed by atoms with Crippen molar-refractivity contribution >= 4 is 23.6 Å². The van der Waals surface area contributed by atoms with E-state index in [1.807, 2.05) is 30.9 Å². The fraction of sp³-hybridized carbons (Fsp3) is 0.526. The number of likely N-dealkylation sites (tertiary alicyclic amines) is 1. The van der Waals surface area contributed by atoms with Gasteiger partial charge < -0.3 is 10.4 Å². The first-order chi connectivity index (χ1) is 12.3. The number of carboxylic acids is 1. The molecule has 3 N–H and O–H groups in total. The van der Waals surface area contributed by atoms with Crippen molar-refractivity contribution in [2.45, 2.75) is 39.5 Å². The summed E-state index contributed by atoms with van der Waals surface area (Å²) < 4.78 is 0. The summed E-state index contributed by atoms with van der Waals surface area (Å²) in [6.07, 6.45) is 2.70. The van der Waals surface area contributed by atoms with Crippen LogP contribution in [0.1, 0.15) is 36.8 Å². The van der Waals surface area contributed by atoms with Crippen LogP contribution in [0, 0.1) is 19.8 Å². The molecule has 1 fully saturated rings. The van der Waals surface area contributed by atoms with Gasteiger partial charge in [0.1, 0.15) is 0 Å². The normalized spacial score (nSPS) is 17.5. The van der Waals surface area contributed by atoms with Gasteiger partial charge in [-0.1, -0.05) is 6.07 Å². The van der Waals surface area contributed by atoms with Crippen molar-refractivity contribution in [1.29, 1.82) is 0 Å². The van der Waals surface area contributed by atoms with Crippen molar-refractivity contribution in [3.63, 3.8) is 0 Å². The number of rotatable bonds is 6. The number of benzene rings is 1. The number of nitrogens with one attached hydrogen (secondary N) is 2. The molecule has 26 heavy (non-hydrogen) atoms. The quantitative estimate of drug-likeness (QED) is 0.723. The Kier molecular flexibility index (Phi) is 7.15. The second-order valence-corrected chi connectivity index (χ2v) is 6.98. The van der Waals surface area contributed by atoms with Crippen molar-refractivity contribution in [3.05, 3.63) is 29.3 Å². The minimum absolute atomic E-state index is 0.143. The Morgan fingerprint density at radius 1 is 1.23 bits per heavy atom. The van der Waals surface area contributed by atoms with Gasteiger partial charge in [0.15, 0.2) is 0 Å². The van der Waals surface area contributed by atoms with E-state index in [0.29, 0.717) is 18.7 Å². The summed E-state index contributed by atoms with van der Waals surface area (Å²) in [6, 6.07) is 5.02. The van der Waals surface area contributed by atoms with Gasteiger partial charge in [0.2, 0.25) is 5.91 Å². The molecule has 3 amide bonds. The SMILES string of the molecule is Cc1ccc(NC(=O)NC(=O)CN2CCCC(CCC(=O)O)C2)cc1C. The molecule has 0 spiro atoms. The van der Waals surface area contributed by atoms with E-state index >= 15 is 0 Å². The van der Waals surface area contributed by atoms with Crippen molar-refractivity contribution in [3.8, 4) is 0 Å². The van der Waals surface area contributed by atoms with E-state index in [2.05, 4.69) is 10.6 Å². The number of anilines is 1. The molecule has 0 saturated carbocycles. The molecule has 2 rings (SSSR count). The van der Waals surface area contributed by atoms with Crippen LogP contribution in [0.5, 0.6) is 0 Å². The van der Waals surface area contributed by atoms with Crippen LogP contribution in [0.4, 0.5) is 10.5 Å². The molecule has 0 bridgehead atoms. The van der Waals surface area contributed by atoms with Crippen molar-refractivity contribution in [2.24, 2.45) is 5.92 Å². The van der Waals surface area contributed by atoms with Gasteiger partial charge in [0.05, 0.1) is 6.54 Å². The molecule has 0 aliphatic carbocycles. The maximum atomic E-state index is 12.1. The van der Waals surface area contributed by atoms with Crippen LogP contribution < -0.4 is 10.6 Å². The molecule has 1 aliphatic rings. The van der Waals surface area contributed by atoms with Gasteiger partial charge in [0.25, 0.3) is 0 Å². The first kappa shape index (κ1) is 19.9. The van der Waals surface area contributed by atoms with E-state index in [1.54, 1.807) is 6.07 Å². The van der Waals surface area contributed by atoms with Crippen LogP contribution in [0.15, 0.2) is 18.2 Å². The third-order valence-electron chi connectivity index (χ3n) is 4.75. The summed E-state index contributed by atoms with van der Waals surface area (Å²) in [7, 11) is 0. The number of carbonyl (C=O) groups is 3. The monoisotopic (exact) mass is 361 g/mol. The van der Waals surface area contributed by atoms with Crippen molar-refractivity contribution < 1.29 is 19.5 Å². The highest BCUT2D eigenvalue weighted by atomic mass is 16.4. The van der Waals surface area contributed by atoms with Gasteiger partial charge in [0, 0.05) is 18.7 Å². The number of amides is 3. The van der Waals surface area contributed by atoms with Gasteiger partial charge in [-0.15, -0.1) is 0 Å². The lowest BCUT2D eigenvalue weighted by molar-refractivity contribution is -0.137. The summed E-state index contributed by atoms with van der Waals surface area (Å²) in [5.41, 5.74) is 2.84. The van der Waals surface area contributed by atoms with Crippen LogP contribution >= 0.6 is 0 Å². The molecular formula is C19H27N3O4. The Hall–Kier alpha value is -2.41. The van der Waals surface area contributed by atoms with Crippen molar-refractivity contribution in [2.75, 3.05) is 25.0 Å². The summed E-state index contributed by atoms with van der Waals surface area (Å²) in [5.74, 6) is -0.856. The van der Waals surface area contributed by atoms with Gasteiger partial charge in [-0.3, -0.25) is 19.8 Å². The predicted octanol–water partition coefficient (Wildman–Crippen LogP) is 2.53. The third-order valence-corrected chi connectivity index (χ3v) is 4.75. The topological polar surface area (TPSA) is 98.7 Å². The number of urea groups is 1. The zero-order valence-corrected chi connectivity index (χ0v) is 15.4. The standard InChI is InChI=1S/C19H27N3O4/c1-13-5-7-16(10-14(13)2)20-19(26)21-17(23)12-22-9-3-4-15(11-22)6-8-18(24)25/h5,7,10,15H,3-4,6,8-9,11-12H2,1-2H3,(H,24,25)(H2,20,21,23,26). The fourth-order valence-electron chi connectivity index (χ4n) is 3.21. The predicted molar refractivity (Wildman–Crippen MR) is 99.1 cm³/mol. The van der Waals surface area contributed by atoms with Crippen LogP contribution in [0.2, 0.25) is 0 Å². The van der Waals surface area contributed by atoms with E-state index < -0.39 is 12.0 Å². The number of hydrogen-bond donors (Lipinski definition) is 3. The highest BCUT2D eigenvalue weighted by Crippen LogP contribution is 2.20. The first-order valence-electron chi connectivity index (χ1n) is 8.95. The molecule has 0 radical (unpaired) electrons. The third kappa shape index (κ3) is 6.48. The zero-order chi connectivity index (χ0) is 19.1. The molecule has 7 nitrogen and oxygen atoms in total. The molecule has 1 aromatic rings. The summed E-state index contributed by atoms with van der Waals surface area (Å²) in [6.45, 7) is 5.57. The van der Waals surface area contributed by atoms with Crippen LogP contribution in [-0.4, -0.2) is 47.5 Å². The van der Waals surface area contributed by atoms with Crippen LogP contribution in [0.25, 0.3) is 0 Å². The zero-order valence-electron chi connectivity index (χ0n) is 15.4. The lowest BCUT2D eigenvalue weighted by Gasteiger charge is -2.31. The highest BCUT2D eigenvalue weighted by Gasteiger charge is 2.22. The Morgan fingerprint density at radius 3 is 2.69 bits per heavy atom. The Labute approximate surface area is 153 Å². The highest BCUT2D eigenvalue weighted by molar-refractivity contribution is 6.01. The van der Waals surface area contributed by atoms with E-state index in [0.717, 1.165) is 30.5 Å². The molecule has 1 aromatic carbocycles. The van der Waals surface area contributed by atoms with E-state index in [-0.39, 0.29) is 24.8 Å². The molecule has 1 heterocycles. The van der Waals surface area contributed by atoms with Gasteiger partial charge >= 0.3 is 12.0 Å². The van der Waals surface area contributed by atoms with Crippen molar-refractivity contribution in [1.82, 2.24) is 10.2 Å². The van der Waals surface area contributed by atoms with Gasteiger partial charge in [-0.05, 0) is 68.8 Å². The Balaban J connectivity index is 1.77. The molecule has 142 valence electrons. The number of aliphatic carboxylic acids is 1. The number of hydrogen-bond acceptors (Lipinski definition) is 4. The van der Waals surface area contributed by atoms with Crippen LogP contribution in [-0.2, 0) is 9.59 Å². The molecule has 1 unspecified atom stereocenters. The maximum absolute atomic E-state index is 12.1. The number of imide groups is 1. The summed E-state index contributed by atoms with van der Waals surface area (Å²) in [4.78, 5) is 36.7. The smallest absolute Gasteiger partial charge is 0.325 e. The second-order valence-electron chi connectivity index (χ2n) is 6.98. The number of carboxylic acid groups (broad SMARTS) is 1. The molecule has 1 aliphatic heterocycles. The summed E-state index contributed by atoms with van der Waals surface area (Å²) >= 11 is 0.